The predicted octanol–water partition coefficient (Wildman–Crippen LogP) is 4.32. The van der Waals surface area contributed by atoms with Gasteiger partial charge < -0.3 is 15.0 Å². The zero-order chi connectivity index (χ0) is 18.2. The molecule has 1 saturated heterocycles. The highest BCUT2D eigenvalue weighted by Gasteiger charge is 2.25. The van der Waals surface area contributed by atoms with Crippen LogP contribution in [0.2, 0.25) is 0 Å². The van der Waals surface area contributed by atoms with E-state index in [0.29, 0.717) is 5.92 Å². The van der Waals surface area contributed by atoms with E-state index in [1.165, 1.54) is 5.56 Å². The number of aromatic nitrogens is 1. The number of hydrogen-bond acceptors (Lipinski definition) is 5. The van der Waals surface area contributed by atoms with E-state index in [-0.39, 0.29) is 24.0 Å². The molecule has 0 bridgehead atoms. The van der Waals surface area contributed by atoms with Crippen LogP contribution in [0.5, 0.6) is 5.75 Å². The average molecular weight is 518 g/mol. The molecule has 1 N–H and O–H groups in total. The molecule has 0 aliphatic carbocycles. The second-order valence-corrected chi connectivity index (χ2v) is 8.42. The minimum atomic E-state index is 0. The van der Waals surface area contributed by atoms with E-state index in [4.69, 9.17) is 4.74 Å². The van der Waals surface area contributed by atoms with Crippen molar-refractivity contribution in [3.63, 3.8) is 0 Å². The SMILES string of the molecule is CN=C(NCCCSc1nccs1)N1CCC(c2ccc(OC)cc2)C1.I. The van der Waals surface area contributed by atoms with Crippen molar-refractivity contribution >= 4 is 53.0 Å². The van der Waals surface area contributed by atoms with Gasteiger partial charge in [0.2, 0.25) is 0 Å². The minimum Gasteiger partial charge on any atom is -0.497 e. The Morgan fingerprint density at radius 1 is 1.41 bits per heavy atom. The van der Waals surface area contributed by atoms with Crippen molar-refractivity contribution in [3.8, 4) is 5.75 Å². The molecule has 1 aromatic carbocycles. The number of thiazole rings is 1. The van der Waals surface area contributed by atoms with Crippen molar-refractivity contribution in [1.82, 2.24) is 15.2 Å². The van der Waals surface area contributed by atoms with Crippen LogP contribution in [-0.2, 0) is 0 Å². The molecule has 0 saturated carbocycles. The fraction of sp³-hybridized carbons (Fsp3) is 0.474. The van der Waals surface area contributed by atoms with Crippen LogP contribution < -0.4 is 10.1 Å². The van der Waals surface area contributed by atoms with Gasteiger partial charge in [0.25, 0.3) is 0 Å². The highest BCUT2D eigenvalue weighted by Crippen LogP contribution is 2.28. The lowest BCUT2D eigenvalue weighted by atomic mass is 9.98. The van der Waals surface area contributed by atoms with Crippen molar-refractivity contribution in [2.75, 3.05) is 39.5 Å². The number of ether oxygens (including phenoxy) is 1. The Hall–Kier alpha value is -1.00. The van der Waals surface area contributed by atoms with Gasteiger partial charge >= 0.3 is 0 Å². The summed E-state index contributed by atoms with van der Waals surface area (Å²) in [5.74, 6) is 3.56. The maximum Gasteiger partial charge on any atom is 0.193 e. The number of nitrogens with zero attached hydrogens (tertiary/aromatic N) is 3. The molecular formula is C19H27IN4OS2. The number of aliphatic imine (C=N–C) groups is 1. The fourth-order valence-corrected chi connectivity index (χ4v) is 4.79. The van der Waals surface area contributed by atoms with E-state index in [2.05, 4.69) is 32.3 Å². The van der Waals surface area contributed by atoms with Crippen LogP contribution in [0.15, 0.2) is 45.2 Å². The Labute approximate surface area is 187 Å². The van der Waals surface area contributed by atoms with E-state index in [0.717, 1.165) is 54.3 Å². The summed E-state index contributed by atoms with van der Waals surface area (Å²) in [5, 5.41) is 5.53. The highest BCUT2D eigenvalue weighted by atomic mass is 127. The molecular weight excluding hydrogens is 491 g/mol. The topological polar surface area (TPSA) is 49.8 Å². The van der Waals surface area contributed by atoms with Crippen LogP contribution in [0.3, 0.4) is 0 Å². The first-order chi connectivity index (χ1) is 12.8. The maximum absolute atomic E-state index is 5.25. The van der Waals surface area contributed by atoms with Crippen molar-refractivity contribution in [2.45, 2.75) is 23.1 Å². The van der Waals surface area contributed by atoms with Crippen LogP contribution in [0.1, 0.15) is 24.3 Å². The molecule has 1 atom stereocenters. The zero-order valence-electron chi connectivity index (χ0n) is 15.8. The highest BCUT2D eigenvalue weighted by molar-refractivity contribution is 14.0. The summed E-state index contributed by atoms with van der Waals surface area (Å²) in [4.78, 5) is 11.1. The third-order valence-electron chi connectivity index (χ3n) is 4.53. The maximum atomic E-state index is 5.25. The van der Waals surface area contributed by atoms with Gasteiger partial charge in [-0.1, -0.05) is 23.9 Å². The number of rotatable bonds is 7. The summed E-state index contributed by atoms with van der Waals surface area (Å²) in [6.45, 7) is 3.00. The Morgan fingerprint density at radius 3 is 2.89 bits per heavy atom. The molecule has 0 spiro atoms. The van der Waals surface area contributed by atoms with Crippen molar-refractivity contribution < 1.29 is 4.74 Å². The van der Waals surface area contributed by atoms with Gasteiger partial charge in [-0.25, -0.2) is 4.98 Å². The minimum absolute atomic E-state index is 0. The predicted molar refractivity (Wildman–Crippen MR) is 126 cm³/mol. The smallest absolute Gasteiger partial charge is 0.193 e. The summed E-state index contributed by atoms with van der Waals surface area (Å²) in [5.41, 5.74) is 1.38. The van der Waals surface area contributed by atoms with Gasteiger partial charge in [-0.05, 0) is 30.5 Å². The lowest BCUT2D eigenvalue weighted by molar-refractivity contribution is 0.414. The summed E-state index contributed by atoms with van der Waals surface area (Å²) >= 11 is 3.53. The van der Waals surface area contributed by atoms with Gasteiger partial charge in [0.1, 0.15) is 10.1 Å². The van der Waals surface area contributed by atoms with Crippen molar-refractivity contribution in [2.24, 2.45) is 4.99 Å². The van der Waals surface area contributed by atoms with Gasteiger partial charge in [0, 0.05) is 49.9 Å². The van der Waals surface area contributed by atoms with E-state index in [9.17, 15) is 0 Å². The van der Waals surface area contributed by atoms with Crippen molar-refractivity contribution in [1.29, 1.82) is 0 Å². The number of likely N-dealkylation sites (tertiary alicyclic amines) is 1. The monoisotopic (exact) mass is 518 g/mol. The third kappa shape index (κ3) is 6.53. The molecule has 1 unspecified atom stereocenters. The molecule has 0 radical (unpaired) electrons. The first-order valence-electron chi connectivity index (χ1n) is 8.92. The van der Waals surface area contributed by atoms with Gasteiger partial charge in [-0.3, -0.25) is 4.99 Å². The molecule has 148 valence electrons. The molecule has 3 rings (SSSR count). The molecule has 2 heterocycles. The Morgan fingerprint density at radius 2 is 2.22 bits per heavy atom. The lowest BCUT2D eigenvalue weighted by Gasteiger charge is -2.21. The van der Waals surface area contributed by atoms with Gasteiger partial charge in [-0.15, -0.1) is 35.3 Å². The van der Waals surface area contributed by atoms with E-state index < -0.39 is 0 Å². The number of guanidine groups is 1. The lowest BCUT2D eigenvalue weighted by Crippen LogP contribution is -2.40. The largest absolute Gasteiger partial charge is 0.497 e. The van der Waals surface area contributed by atoms with E-state index >= 15 is 0 Å². The van der Waals surface area contributed by atoms with Crippen LogP contribution in [-0.4, -0.2) is 55.4 Å². The summed E-state index contributed by atoms with van der Waals surface area (Å²) in [7, 11) is 3.57. The molecule has 2 aromatic rings. The zero-order valence-corrected chi connectivity index (χ0v) is 19.7. The molecule has 8 heteroatoms. The molecule has 1 aromatic heterocycles. The summed E-state index contributed by atoms with van der Waals surface area (Å²) in [6.07, 6.45) is 4.12. The summed E-state index contributed by atoms with van der Waals surface area (Å²) < 4.78 is 6.40. The number of methoxy groups -OCH3 is 1. The Bertz CT molecular complexity index is 694. The first kappa shape index (κ1) is 22.3. The van der Waals surface area contributed by atoms with Crippen LogP contribution >= 0.6 is 47.1 Å². The average Bonchev–Trinajstić information content (AvgIpc) is 3.37. The fourth-order valence-electron chi connectivity index (χ4n) is 3.15. The second-order valence-electron chi connectivity index (χ2n) is 6.18. The second kappa shape index (κ2) is 11.8. The van der Waals surface area contributed by atoms with Gasteiger partial charge in [0.15, 0.2) is 5.96 Å². The molecule has 1 aliphatic rings. The van der Waals surface area contributed by atoms with E-state index in [1.54, 1.807) is 18.4 Å². The Balaban J connectivity index is 0.00000261. The first-order valence-corrected chi connectivity index (χ1v) is 10.8. The number of thioether (sulfide) groups is 1. The normalized spacial score (nSPS) is 16.9. The van der Waals surface area contributed by atoms with Crippen molar-refractivity contribution in [3.05, 3.63) is 41.4 Å². The van der Waals surface area contributed by atoms with Crippen LogP contribution in [0.25, 0.3) is 0 Å². The number of nitrogens with one attached hydrogen (secondary N) is 1. The molecule has 27 heavy (non-hydrogen) atoms. The van der Waals surface area contributed by atoms with E-state index in [1.807, 2.05) is 42.5 Å². The molecule has 0 amide bonds. The van der Waals surface area contributed by atoms with Crippen LogP contribution in [0, 0.1) is 0 Å². The third-order valence-corrected chi connectivity index (χ3v) is 6.58. The number of halogens is 1. The molecule has 5 nitrogen and oxygen atoms in total. The molecule has 1 aliphatic heterocycles. The quantitative estimate of drug-likeness (QED) is 0.195. The summed E-state index contributed by atoms with van der Waals surface area (Å²) in [6, 6.07) is 8.45. The standard InChI is InChI=1S/C19H26N4OS2.HI/c1-20-18(21-9-3-12-25-19-22-10-13-26-19)23-11-8-16(14-23)15-4-6-17(24-2)7-5-15;/h4-7,10,13,16H,3,8-9,11-12,14H2,1-2H3,(H,20,21);1H. The van der Waals surface area contributed by atoms with Crippen LogP contribution in [0.4, 0.5) is 0 Å². The number of hydrogen-bond donors (Lipinski definition) is 1. The van der Waals surface area contributed by atoms with Gasteiger partial charge in [-0.2, -0.15) is 0 Å². The molecule has 1 fully saturated rings. The van der Waals surface area contributed by atoms with Gasteiger partial charge in [0.05, 0.1) is 7.11 Å². The number of benzene rings is 1. The Kier molecular flexibility index (Phi) is 9.70.